The lowest BCUT2D eigenvalue weighted by Crippen LogP contribution is -2.43. The van der Waals surface area contributed by atoms with Crippen molar-refractivity contribution >= 4 is 15.9 Å². The van der Waals surface area contributed by atoms with Crippen molar-refractivity contribution in [3.63, 3.8) is 0 Å². The van der Waals surface area contributed by atoms with Gasteiger partial charge in [-0.05, 0) is 19.8 Å². The molecule has 8 nitrogen and oxygen atoms in total. The normalized spacial score (nSPS) is 18.1. The van der Waals surface area contributed by atoms with Gasteiger partial charge in [-0.3, -0.25) is 9.89 Å². The largest absolute Gasteiger partial charge is 0.349 e. The molecule has 0 atom stereocenters. The van der Waals surface area contributed by atoms with Crippen LogP contribution < -0.4 is 5.32 Å². The van der Waals surface area contributed by atoms with Gasteiger partial charge in [0.1, 0.15) is 12.2 Å². The SMILES string of the molecule is CCS(=O)(=O)N1CCC(C(=O)NCc2ncn[nH]2)CC1. The van der Waals surface area contributed by atoms with Crippen LogP contribution in [0, 0.1) is 5.92 Å². The summed E-state index contributed by atoms with van der Waals surface area (Å²) >= 11 is 0. The van der Waals surface area contributed by atoms with Crippen LogP contribution in [0.4, 0.5) is 0 Å². The lowest BCUT2D eigenvalue weighted by atomic mass is 9.97. The summed E-state index contributed by atoms with van der Waals surface area (Å²) in [4.78, 5) is 15.9. The number of carbonyl (C=O) groups excluding carboxylic acids is 1. The van der Waals surface area contributed by atoms with Crippen LogP contribution in [0.5, 0.6) is 0 Å². The van der Waals surface area contributed by atoms with Gasteiger partial charge in [0.05, 0.1) is 12.3 Å². The molecule has 9 heteroatoms. The second-order valence-electron chi connectivity index (χ2n) is 4.72. The Labute approximate surface area is 118 Å². The first-order valence-corrected chi connectivity index (χ1v) is 8.23. The molecule has 2 heterocycles. The van der Waals surface area contributed by atoms with E-state index < -0.39 is 10.0 Å². The minimum absolute atomic E-state index is 0.0602. The number of rotatable bonds is 5. The molecule has 1 aliphatic heterocycles. The average Bonchev–Trinajstić information content (AvgIpc) is 2.98. The summed E-state index contributed by atoms with van der Waals surface area (Å²) in [6.45, 7) is 2.77. The molecule has 112 valence electrons. The Morgan fingerprint density at radius 2 is 2.20 bits per heavy atom. The number of hydrogen-bond donors (Lipinski definition) is 2. The molecule has 0 bridgehead atoms. The first-order chi connectivity index (χ1) is 9.53. The lowest BCUT2D eigenvalue weighted by molar-refractivity contribution is -0.126. The van der Waals surface area contributed by atoms with E-state index in [1.54, 1.807) is 6.92 Å². The zero-order valence-electron chi connectivity index (χ0n) is 11.4. The Bertz CT molecular complexity index is 534. The van der Waals surface area contributed by atoms with Gasteiger partial charge >= 0.3 is 0 Å². The summed E-state index contributed by atoms with van der Waals surface area (Å²) in [7, 11) is -3.14. The quantitative estimate of drug-likeness (QED) is 0.761. The van der Waals surface area contributed by atoms with Gasteiger partial charge in [-0.2, -0.15) is 5.10 Å². The van der Waals surface area contributed by atoms with E-state index in [2.05, 4.69) is 20.5 Å². The van der Waals surface area contributed by atoms with Gasteiger partial charge in [0.2, 0.25) is 15.9 Å². The van der Waals surface area contributed by atoms with Crippen LogP contribution in [-0.2, 0) is 21.4 Å². The maximum atomic E-state index is 12.0. The maximum Gasteiger partial charge on any atom is 0.223 e. The number of H-pyrrole nitrogens is 1. The highest BCUT2D eigenvalue weighted by molar-refractivity contribution is 7.89. The van der Waals surface area contributed by atoms with Crippen molar-refractivity contribution < 1.29 is 13.2 Å². The third-order valence-corrected chi connectivity index (χ3v) is 5.36. The third-order valence-electron chi connectivity index (χ3n) is 3.48. The summed E-state index contributed by atoms with van der Waals surface area (Å²) < 4.78 is 24.9. The number of sulfonamides is 1. The molecule has 20 heavy (non-hydrogen) atoms. The van der Waals surface area contributed by atoms with Crippen molar-refractivity contribution in [2.75, 3.05) is 18.8 Å². The number of piperidine rings is 1. The predicted octanol–water partition coefficient (Wildman–Crippen LogP) is -0.517. The van der Waals surface area contributed by atoms with E-state index in [1.807, 2.05) is 0 Å². The molecule has 1 aromatic heterocycles. The second-order valence-corrected chi connectivity index (χ2v) is 6.98. The molecule has 0 unspecified atom stereocenters. The molecule has 1 saturated heterocycles. The van der Waals surface area contributed by atoms with E-state index in [9.17, 15) is 13.2 Å². The molecule has 1 fully saturated rings. The summed E-state index contributed by atoms with van der Waals surface area (Å²) in [5.41, 5.74) is 0. The number of amides is 1. The second kappa shape index (κ2) is 6.31. The molecule has 1 amide bonds. The standard InChI is InChI=1S/C11H19N5O3S/c1-2-20(18,19)16-5-3-9(4-6-16)11(17)12-7-10-13-8-14-15-10/h8-9H,2-7H2,1H3,(H,12,17)(H,13,14,15). The molecule has 0 aromatic carbocycles. The highest BCUT2D eigenvalue weighted by Crippen LogP contribution is 2.20. The van der Waals surface area contributed by atoms with Crippen molar-refractivity contribution in [2.45, 2.75) is 26.3 Å². The van der Waals surface area contributed by atoms with Gasteiger partial charge in [0.15, 0.2) is 0 Å². The van der Waals surface area contributed by atoms with Crippen molar-refractivity contribution in [2.24, 2.45) is 5.92 Å². The molecular formula is C11H19N5O3S. The van der Waals surface area contributed by atoms with E-state index in [1.165, 1.54) is 10.6 Å². The van der Waals surface area contributed by atoms with Crippen molar-refractivity contribution in [1.29, 1.82) is 0 Å². The zero-order valence-corrected chi connectivity index (χ0v) is 12.2. The van der Waals surface area contributed by atoms with Crippen LogP contribution >= 0.6 is 0 Å². The van der Waals surface area contributed by atoms with Gasteiger partial charge in [-0.15, -0.1) is 0 Å². The van der Waals surface area contributed by atoms with E-state index in [0.717, 1.165) is 0 Å². The number of carbonyl (C=O) groups is 1. The van der Waals surface area contributed by atoms with Gasteiger partial charge < -0.3 is 5.32 Å². The Balaban J connectivity index is 1.80. The molecule has 0 spiro atoms. The summed E-state index contributed by atoms with van der Waals surface area (Å²) in [5.74, 6) is 0.510. The van der Waals surface area contributed by atoms with Crippen LogP contribution in [0.2, 0.25) is 0 Å². The topological polar surface area (TPSA) is 108 Å². The first-order valence-electron chi connectivity index (χ1n) is 6.62. The summed E-state index contributed by atoms with van der Waals surface area (Å²) in [6.07, 6.45) is 2.50. The Morgan fingerprint density at radius 3 is 2.75 bits per heavy atom. The molecule has 0 radical (unpaired) electrons. The molecule has 0 saturated carbocycles. The van der Waals surface area contributed by atoms with E-state index in [4.69, 9.17) is 0 Å². The zero-order chi connectivity index (χ0) is 14.6. The molecule has 1 aliphatic rings. The molecule has 1 aromatic rings. The first kappa shape index (κ1) is 14.9. The van der Waals surface area contributed by atoms with E-state index in [0.29, 0.717) is 38.3 Å². The maximum absolute atomic E-state index is 12.0. The summed E-state index contributed by atoms with van der Waals surface area (Å²) in [5, 5.41) is 9.15. The van der Waals surface area contributed by atoms with Crippen molar-refractivity contribution in [3.05, 3.63) is 12.2 Å². The minimum Gasteiger partial charge on any atom is -0.349 e. The molecule has 0 aliphatic carbocycles. The number of nitrogens with zero attached hydrogens (tertiary/aromatic N) is 3. The number of nitrogens with one attached hydrogen (secondary N) is 2. The van der Waals surface area contributed by atoms with Crippen LogP contribution in [0.25, 0.3) is 0 Å². The molecule has 2 N–H and O–H groups in total. The Morgan fingerprint density at radius 1 is 1.50 bits per heavy atom. The van der Waals surface area contributed by atoms with Gasteiger partial charge in [-0.25, -0.2) is 17.7 Å². The fourth-order valence-electron chi connectivity index (χ4n) is 2.21. The van der Waals surface area contributed by atoms with Crippen LogP contribution in [0.1, 0.15) is 25.6 Å². The van der Waals surface area contributed by atoms with Gasteiger partial charge in [0, 0.05) is 19.0 Å². The van der Waals surface area contributed by atoms with Crippen LogP contribution in [0.3, 0.4) is 0 Å². The average molecular weight is 301 g/mol. The molecule has 2 rings (SSSR count). The van der Waals surface area contributed by atoms with Gasteiger partial charge in [0.25, 0.3) is 0 Å². The van der Waals surface area contributed by atoms with Crippen LogP contribution in [-0.4, -0.2) is 52.7 Å². The smallest absolute Gasteiger partial charge is 0.223 e. The van der Waals surface area contributed by atoms with Gasteiger partial charge in [-0.1, -0.05) is 0 Å². The van der Waals surface area contributed by atoms with Crippen molar-refractivity contribution in [1.82, 2.24) is 24.8 Å². The van der Waals surface area contributed by atoms with E-state index >= 15 is 0 Å². The fourth-order valence-corrected chi connectivity index (χ4v) is 3.34. The highest BCUT2D eigenvalue weighted by Gasteiger charge is 2.29. The molecular weight excluding hydrogens is 282 g/mol. The highest BCUT2D eigenvalue weighted by atomic mass is 32.2. The Hall–Kier alpha value is -1.48. The number of hydrogen-bond acceptors (Lipinski definition) is 5. The predicted molar refractivity (Wildman–Crippen MR) is 72.0 cm³/mol. The lowest BCUT2D eigenvalue weighted by Gasteiger charge is -2.30. The Kier molecular flexibility index (Phi) is 4.71. The summed E-state index contributed by atoms with van der Waals surface area (Å²) in [6, 6.07) is 0. The third kappa shape index (κ3) is 3.54. The monoisotopic (exact) mass is 301 g/mol. The van der Waals surface area contributed by atoms with Crippen LogP contribution in [0.15, 0.2) is 6.33 Å². The minimum atomic E-state index is -3.14. The fraction of sp³-hybridized carbons (Fsp3) is 0.727. The van der Waals surface area contributed by atoms with Crippen molar-refractivity contribution in [3.8, 4) is 0 Å². The number of aromatic amines is 1. The van der Waals surface area contributed by atoms with E-state index in [-0.39, 0.29) is 17.6 Å². The number of aromatic nitrogens is 3.